The van der Waals surface area contributed by atoms with Crippen molar-refractivity contribution in [2.45, 2.75) is 45.4 Å². The molecule has 0 spiro atoms. The molecule has 0 aromatic carbocycles. The van der Waals surface area contributed by atoms with Crippen LogP contribution in [0.1, 0.15) is 45.4 Å². The molecule has 19 heavy (non-hydrogen) atoms. The molecular formula is C13H22O6. The number of rotatable bonds is 10. The summed E-state index contributed by atoms with van der Waals surface area (Å²) in [4.78, 5) is 33.0. The molecular weight excluding hydrogens is 252 g/mol. The molecule has 6 heteroatoms. The summed E-state index contributed by atoms with van der Waals surface area (Å²) in [7, 11) is 1.28. The van der Waals surface area contributed by atoms with Crippen LogP contribution in [-0.2, 0) is 28.6 Å². The molecule has 0 aromatic rings. The summed E-state index contributed by atoms with van der Waals surface area (Å²) in [6.45, 7) is 2.48. The van der Waals surface area contributed by atoms with Gasteiger partial charge in [-0.1, -0.05) is 0 Å². The second kappa shape index (κ2) is 11.5. The molecule has 0 bridgehead atoms. The van der Waals surface area contributed by atoms with E-state index in [-0.39, 0.29) is 18.8 Å². The summed E-state index contributed by atoms with van der Waals surface area (Å²) in [5, 5.41) is 0. The predicted molar refractivity (Wildman–Crippen MR) is 67.3 cm³/mol. The Balaban J connectivity index is 3.36. The number of esters is 3. The van der Waals surface area contributed by atoms with E-state index in [2.05, 4.69) is 4.74 Å². The Kier molecular flexibility index (Phi) is 10.5. The van der Waals surface area contributed by atoms with Crippen LogP contribution in [0.3, 0.4) is 0 Å². The maximum atomic E-state index is 11.2. The van der Waals surface area contributed by atoms with Gasteiger partial charge in [-0.2, -0.15) is 0 Å². The first-order valence-corrected chi connectivity index (χ1v) is 6.48. The highest BCUT2D eigenvalue weighted by Gasteiger charge is 2.07. The molecule has 0 radical (unpaired) electrons. The summed E-state index contributed by atoms with van der Waals surface area (Å²) < 4.78 is 14.1. The molecule has 0 unspecified atom stereocenters. The fourth-order valence-corrected chi connectivity index (χ4v) is 1.35. The van der Waals surface area contributed by atoms with Gasteiger partial charge in [-0.25, -0.2) is 0 Å². The summed E-state index contributed by atoms with van der Waals surface area (Å²) in [6.07, 6.45) is 2.68. The minimum atomic E-state index is -0.425. The number of hydrogen-bond donors (Lipinski definition) is 0. The van der Waals surface area contributed by atoms with Gasteiger partial charge in [0, 0.05) is 6.42 Å². The van der Waals surface area contributed by atoms with Crippen molar-refractivity contribution in [2.24, 2.45) is 0 Å². The predicted octanol–water partition coefficient (Wildman–Crippen LogP) is 1.61. The molecule has 0 aliphatic rings. The van der Waals surface area contributed by atoms with Gasteiger partial charge in [-0.15, -0.1) is 0 Å². The van der Waals surface area contributed by atoms with Crippen LogP contribution < -0.4 is 0 Å². The molecule has 0 aromatic heterocycles. The first-order valence-electron chi connectivity index (χ1n) is 6.48. The summed E-state index contributed by atoms with van der Waals surface area (Å²) >= 11 is 0. The lowest BCUT2D eigenvalue weighted by Crippen LogP contribution is -2.09. The molecule has 0 rings (SSSR count). The number of carbonyl (C=O) groups is 3. The molecule has 0 aliphatic carbocycles. The Hall–Kier alpha value is -1.59. The zero-order chi connectivity index (χ0) is 14.5. The minimum Gasteiger partial charge on any atom is -0.469 e. The monoisotopic (exact) mass is 274 g/mol. The van der Waals surface area contributed by atoms with Gasteiger partial charge < -0.3 is 14.2 Å². The molecule has 0 saturated carbocycles. The minimum absolute atomic E-state index is 0.0372. The van der Waals surface area contributed by atoms with Crippen molar-refractivity contribution >= 4 is 17.9 Å². The van der Waals surface area contributed by atoms with Crippen molar-refractivity contribution < 1.29 is 28.6 Å². The summed E-state index contributed by atoms with van der Waals surface area (Å²) in [6, 6.07) is 0. The third-order valence-electron chi connectivity index (χ3n) is 2.35. The highest BCUT2D eigenvalue weighted by Crippen LogP contribution is 2.03. The number of hydrogen-bond acceptors (Lipinski definition) is 6. The van der Waals surface area contributed by atoms with Crippen LogP contribution >= 0.6 is 0 Å². The molecule has 0 heterocycles. The van der Waals surface area contributed by atoms with Crippen LogP contribution in [0.15, 0.2) is 0 Å². The van der Waals surface area contributed by atoms with Gasteiger partial charge in [0.15, 0.2) is 0 Å². The standard InChI is InChI=1S/C13H22O6/c1-3-18-12(15)7-5-4-6-10-19-13(16)9-8-11(14)17-2/h3-10H2,1-2H3. The normalized spacial score (nSPS) is 9.79. The molecule has 0 saturated heterocycles. The molecule has 110 valence electrons. The van der Waals surface area contributed by atoms with E-state index < -0.39 is 11.9 Å². The van der Waals surface area contributed by atoms with Crippen LogP contribution in [0.2, 0.25) is 0 Å². The van der Waals surface area contributed by atoms with Gasteiger partial charge in [0.25, 0.3) is 0 Å². The number of unbranched alkanes of at least 4 members (excludes halogenated alkanes) is 2. The molecule has 0 fully saturated rings. The SMILES string of the molecule is CCOC(=O)CCCCCOC(=O)CCC(=O)OC. The van der Waals surface area contributed by atoms with E-state index in [1.165, 1.54) is 7.11 Å². The van der Waals surface area contributed by atoms with Gasteiger partial charge in [0.05, 0.1) is 33.2 Å². The molecule has 0 amide bonds. The summed E-state index contributed by atoms with van der Waals surface area (Å²) in [5.74, 6) is -1.03. The number of methoxy groups -OCH3 is 1. The first-order chi connectivity index (χ1) is 9.10. The number of carbonyl (C=O) groups excluding carboxylic acids is 3. The Labute approximate surface area is 113 Å². The van der Waals surface area contributed by atoms with Gasteiger partial charge >= 0.3 is 17.9 Å². The molecule has 6 nitrogen and oxygen atoms in total. The second-order valence-corrected chi connectivity index (χ2v) is 3.91. The zero-order valence-electron chi connectivity index (χ0n) is 11.6. The van der Waals surface area contributed by atoms with E-state index in [1.807, 2.05) is 0 Å². The largest absolute Gasteiger partial charge is 0.469 e. The van der Waals surface area contributed by atoms with E-state index >= 15 is 0 Å². The van der Waals surface area contributed by atoms with Crippen LogP contribution in [0.4, 0.5) is 0 Å². The van der Waals surface area contributed by atoms with Crippen LogP contribution in [0, 0.1) is 0 Å². The highest BCUT2D eigenvalue weighted by molar-refractivity contribution is 5.77. The third-order valence-corrected chi connectivity index (χ3v) is 2.35. The van der Waals surface area contributed by atoms with E-state index in [0.717, 1.165) is 12.8 Å². The fraction of sp³-hybridized carbons (Fsp3) is 0.769. The Morgan fingerprint density at radius 2 is 1.42 bits per heavy atom. The van der Waals surface area contributed by atoms with Crippen molar-refractivity contribution in [1.82, 2.24) is 0 Å². The van der Waals surface area contributed by atoms with E-state index in [9.17, 15) is 14.4 Å². The van der Waals surface area contributed by atoms with Crippen molar-refractivity contribution in [3.63, 3.8) is 0 Å². The number of ether oxygens (including phenoxy) is 3. The summed E-state index contributed by atoms with van der Waals surface area (Å²) in [5.41, 5.74) is 0. The average molecular weight is 274 g/mol. The zero-order valence-corrected chi connectivity index (χ0v) is 11.6. The van der Waals surface area contributed by atoms with Gasteiger partial charge in [0.1, 0.15) is 0 Å². The van der Waals surface area contributed by atoms with Crippen molar-refractivity contribution in [2.75, 3.05) is 20.3 Å². The fourth-order valence-electron chi connectivity index (χ4n) is 1.35. The highest BCUT2D eigenvalue weighted by atomic mass is 16.5. The average Bonchev–Trinajstić information content (AvgIpc) is 2.40. The molecule has 0 aliphatic heterocycles. The topological polar surface area (TPSA) is 78.9 Å². The smallest absolute Gasteiger partial charge is 0.306 e. The third kappa shape index (κ3) is 11.2. The van der Waals surface area contributed by atoms with E-state index in [4.69, 9.17) is 9.47 Å². The van der Waals surface area contributed by atoms with E-state index in [0.29, 0.717) is 26.1 Å². The van der Waals surface area contributed by atoms with E-state index in [1.54, 1.807) is 6.92 Å². The Morgan fingerprint density at radius 1 is 0.789 bits per heavy atom. The molecule has 0 atom stereocenters. The Bertz CT molecular complexity index is 287. The van der Waals surface area contributed by atoms with Crippen molar-refractivity contribution in [3.8, 4) is 0 Å². The Morgan fingerprint density at radius 3 is 2.05 bits per heavy atom. The molecule has 0 N–H and O–H groups in total. The van der Waals surface area contributed by atoms with Crippen LogP contribution in [0.5, 0.6) is 0 Å². The van der Waals surface area contributed by atoms with Gasteiger partial charge in [0.2, 0.25) is 0 Å². The maximum absolute atomic E-state index is 11.2. The lowest BCUT2D eigenvalue weighted by Gasteiger charge is -2.04. The lowest BCUT2D eigenvalue weighted by atomic mass is 10.2. The van der Waals surface area contributed by atoms with Crippen LogP contribution in [0.25, 0.3) is 0 Å². The quantitative estimate of drug-likeness (QED) is 0.342. The van der Waals surface area contributed by atoms with Crippen LogP contribution in [-0.4, -0.2) is 38.2 Å². The van der Waals surface area contributed by atoms with Gasteiger partial charge in [-0.05, 0) is 26.2 Å². The lowest BCUT2D eigenvalue weighted by molar-refractivity contribution is -0.149. The van der Waals surface area contributed by atoms with Gasteiger partial charge in [-0.3, -0.25) is 14.4 Å². The second-order valence-electron chi connectivity index (χ2n) is 3.91. The van der Waals surface area contributed by atoms with Crippen molar-refractivity contribution in [3.05, 3.63) is 0 Å². The maximum Gasteiger partial charge on any atom is 0.306 e. The first kappa shape index (κ1) is 17.4. The van der Waals surface area contributed by atoms with Crippen molar-refractivity contribution in [1.29, 1.82) is 0 Å².